The maximum atomic E-state index is 12.6. The standard InChI is InChI=1S/C22H22N6O/c23-14-18-7-4-9-24-20(18)25-10-11-26-22(29)17-8-12-28-19(13-17)15-27-21(28)16-5-2-1-3-6-16/h1-7,9,15,17H,8,10-13H2,(H,24,25)(H,26,29)/t17-/m1/s1. The first-order chi connectivity index (χ1) is 14.3. The number of hydrogen-bond acceptors (Lipinski definition) is 5. The zero-order valence-electron chi connectivity index (χ0n) is 16.0. The van der Waals surface area contributed by atoms with Crippen molar-refractivity contribution in [2.75, 3.05) is 18.4 Å². The minimum Gasteiger partial charge on any atom is -0.367 e. The summed E-state index contributed by atoms with van der Waals surface area (Å²) >= 11 is 0. The fourth-order valence-electron chi connectivity index (χ4n) is 3.65. The summed E-state index contributed by atoms with van der Waals surface area (Å²) in [7, 11) is 0. The van der Waals surface area contributed by atoms with Crippen LogP contribution in [-0.4, -0.2) is 33.5 Å². The van der Waals surface area contributed by atoms with Crippen LogP contribution in [0.2, 0.25) is 0 Å². The quantitative estimate of drug-likeness (QED) is 0.635. The molecule has 4 rings (SSSR count). The number of benzene rings is 1. The molecule has 0 saturated carbocycles. The molecule has 1 atom stereocenters. The Morgan fingerprint density at radius 3 is 2.86 bits per heavy atom. The highest BCUT2D eigenvalue weighted by atomic mass is 16.1. The first kappa shape index (κ1) is 18.7. The summed E-state index contributed by atoms with van der Waals surface area (Å²) in [5, 5.41) is 15.2. The molecule has 0 spiro atoms. The third-order valence-electron chi connectivity index (χ3n) is 5.14. The van der Waals surface area contributed by atoms with Crippen molar-refractivity contribution in [2.24, 2.45) is 5.92 Å². The van der Waals surface area contributed by atoms with Gasteiger partial charge in [-0.25, -0.2) is 9.97 Å². The molecule has 146 valence electrons. The summed E-state index contributed by atoms with van der Waals surface area (Å²) in [5.41, 5.74) is 2.69. The van der Waals surface area contributed by atoms with E-state index in [0.29, 0.717) is 30.9 Å². The maximum Gasteiger partial charge on any atom is 0.223 e. The van der Waals surface area contributed by atoms with Crippen LogP contribution in [0.25, 0.3) is 11.4 Å². The number of imidazole rings is 1. The van der Waals surface area contributed by atoms with E-state index in [-0.39, 0.29) is 11.8 Å². The molecule has 3 aromatic rings. The number of fused-ring (bicyclic) bond motifs is 1. The normalized spacial score (nSPS) is 15.2. The van der Waals surface area contributed by atoms with Crippen LogP contribution in [0.5, 0.6) is 0 Å². The van der Waals surface area contributed by atoms with E-state index >= 15 is 0 Å². The number of carbonyl (C=O) groups is 1. The van der Waals surface area contributed by atoms with E-state index in [0.717, 1.165) is 30.0 Å². The summed E-state index contributed by atoms with van der Waals surface area (Å²) in [6, 6.07) is 15.7. The van der Waals surface area contributed by atoms with Crippen LogP contribution in [0.1, 0.15) is 17.7 Å². The number of amides is 1. The van der Waals surface area contributed by atoms with Gasteiger partial charge >= 0.3 is 0 Å². The zero-order chi connectivity index (χ0) is 20.1. The average Bonchev–Trinajstić information content (AvgIpc) is 3.20. The first-order valence-corrected chi connectivity index (χ1v) is 9.73. The van der Waals surface area contributed by atoms with Gasteiger partial charge in [0.2, 0.25) is 5.91 Å². The number of rotatable bonds is 6. The van der Waals surface area contributed by atoms with Crippen LogP contribution in [-0.2, 0) is 17.8 Å². The highest BCUT2D eigenvalue weighted by molar-refractivity contribution is 5.79. The van der Waals surface area contributed by atoms with E-state index in [4.69, 9.17) is 5.26 Å². The van der Waals surface area contributed by atoms with E-state index in [1.807, 2.05) is 24.4 Å². The number of carbonyl (C=O) groups excluding carboxylic acids is 1. The second-order valence-electron chi connectivity index (χ2n) is 7.01. The van der Waals surface area contributed by atoms with Crippen LogP contribution in [0.4, 0.5) is 5.82 Å². The molecule has 1 aliphatic heterocycles. The Hall–Kier alpha value is -3.66. The van der Waals surface area contributed by atoms with Crippen LogP contribution < -0.4 is 10.6 Å². The number of pyridine rings is 1. The van der Waals surface area contributed by atoms with Crippen molar-refractivity contribution < 1.29 is 4.79 Å². The minimum atomic E-state index is -0.0488. The molecule has 7 heteroatoms. The lowest BCUT2D eigenvalue weighted by molar-refractivity contribution is -0.125. The van der Waals surface area contributed by atoms with Gasteiger partial charge in [0.15, 0.2) is 0 Å². The van der Waals surface area contributed by atoms with Crippen molar-refractivity contribution in [3.63, 3.8) is 0 Å². The summed E-state index contributed by atoms with van der Waals surface area (Å²) in [6.45, 7) is 1.78. The monoisotopic (exact) mass is 386 g/mol. The van der Waals surface area contributed by atoms with Gasteiger partial charge in [0.25, 0.3) is 0 Å². The third kappa shape index (κ3) is 4.11. The molecule has 0 unspecified atom stereocenters. The molecule has 1 amide bonds. The predicted octanol–water partition coefficient (Wildman–Crippen LogP) is 2.61. The maximum absolute atomic E-state index is 12.6. The number of aromatic nitrogens is 3. The molecule has 1 aliphatic rings. The minimum absolute atomic E-state index is 0.0488. The Kier molecular flexibility index (Phi) is 5.52. The van der Waals surface area contributed by atoms with Gasteiger partial charge < -0.3 is 15.2 Å². The molecule has 1 aromatic carbocycles. The van der Waals surface area contributed by atoms with Crippen molar-refractivity contribution in [1.82, 2.24) is 19.9 Å². The second kappa shape index (κ2) is 8.57. The molecule has 2 N–H and O–H groups in total. The molecular weight excluding hydrogens is 364 g/mol. The summed E-state index contributed by atoms with van der Waals surface area (Å²) in [5.74, 6) is 1.51. The Morgan fingerprint density at radius 2 is 2.03 bits per heavy atom. The Bertz CT molecular complexity index is 1040. The van der Waals surface area contributed by atoms with Gasteiger partial charge in [-0.05, 0) is 18.6 Å². The highest BCUT2D eigenvalue weighted by Crippen LogP contribution is 2.27. The second-order valence-corrected chi connectivity index (χ2v) is 7.01. The molecule has 29 heavy (non-hydrogen) atoms. The van der Waals surface area contributed by atoms with Gasteiger partial charge in [-0.15, -0.1) is 0 Å². The number of anilines is 1. The first-order valence-electron chi connectivity index (χ1n) is 9.73. The number of nitrogens with zero attached hydrogens (tertiary/aromatic N) is 4. The Balaban J connectivity index is 1.30. The summed E-state index contributed by atoms with van der Waals surface area (Å²) < 4.78 is 2.21. The lowest BCUT2D eigenvalue weighted by Crippen LogP contribution is -2.37. The van der Waals surface area contributed by atoms with Gasteiger partial charge in [-0.3, -0.25) is 4.79 Å². The average molecular weight is 386 g/mol. The SMILES string of the molecule is N#Cc1cccnc1NCCNC(=O)[C@@H]1CCn2c(cnc2-c2ccccc2)C1. The summed E-state index contributed by atoms with van der Waals surface area (Å²) in [6.07, 6.45) is 5.00. The molecule has 3 heterocycles. The van der Waals surface area contributed by atoms with Crippen LogP contribution in [0.15, 0.2) is 54.9 Å². The van der Waals surface area contributed by atoms with Gasteiger partial charge in [0, 0.05) is 55.6 Å². The van der Waals surface area contributed by atoms with Crippen LogP contribution >= 0.6 is 0 Å². The van der Waals surface area contributed by atoms with Gasteiger partial charge in [0.1, 0.15) is 17.7 Å². The highest BCUT2D eigenvalue weighted by Gasteiger charge is 2.26. The molecule has 0 saturated heterocycles. The van der Waals surface area contributed by atoms with E-state index < -0.39 is 0 Å². The molecule has 0 aliphatic carbocycles. The molecule has 0 radical (unpaired) electrons. The van der Waals surface area contributed by atoms with Crippen LogP contribution in [0, 0.1) is 17.2 Å². The third-order valence-corrected chi connectivity index (χ3v) is 5.14. The van der Waals surface area contributed by atoms with E-state index in [2.05, 4.69) is 43.4 Å². The predicted molar refractivity (Wildman–Crippen MR) is 110 cm³/mol. The molecule has 2 aromatic heterocycles. The molecule has 7 nitrogen and oxygen atoms in total. The van der Waals surface area contributed by atoms with E-state index in [1.54, 1.807) is 18.3 Å². The van der Waals surface area contributed by atoms with Crippen molar-refractivity contribution in [3.05, 3.63) is 66.1 Å². The molecule has 0 bridgehead atoms. The van der Waals surface area contributed by atoms with Gasteiger partial charge in [0.05, 0.1) is 5.56 Å². The Labute approximate surface area is 169 Å². The number of nitrogens with one attached hydrogen (secondary N) is 2. The van der Waals surface area contributed by atoms with Gasteiger partial charge in [-0.1, -0.05) is 30.3 Å². The summed E-state index contributed by atoms with van der Waals surface area (Å²) in [4.78, 5) is 21.3. The topological polar surface area (TPSA) is 95.6 Å². The van der Waals surface area contributed by atoms with Crippen molar-refractivity contribution in [1.29, 1.82) is 5.26 Å². The molecule has 0 fully saturated rings. The van der Waals surface area contributed by atoms with Crippen LogP contribution in [0.3, 0.4) is 0 Å². The fraction of sp³-hybridized carbons (Fsp3) is 0.273. The van der Waals surface area contributed by atoms with Gasteiger partial charge in [-0.2, -0.15) is 5.26 Å². The molecular formula is C22H22N6O. The van der Waals surface area contributed by atoms with Crippen molar-refractivity contribution >= 4 is 11.7 Å². The largest absolute Gasteiger partial charge is 0.367 e. The van der Waals surface area contributed by atoms with Crippen molar-refractivity contribution in [2.45, 2.75) is 19.4 Å². The van der Waals surface area contributed by atoms with E-state index in [1.165, 1.54) is 0 Å². The van der Waals surface area contributed by atoms with Crippen molar-refractivity contribution in [3.8, 4) is 17.5 Å². The lowest BCUT2D eigenvalue weighted by atomic mass is 9.95. The fourth-order valence-corrected chi connectivity index (χ4v) is 3.65. The Morgan fingerprint density at radius 1 is 1.17 bits per heavy atom. The number of nitriles is 1. The lowest BCUT2D eigenvalue weighted by Gasteiger charge is -2.24. The zero-order valence-corrected chi connectivity index (χ0v) is 16.0. The van der Waals surface area contributed by atoms with E-state index in [9.17, 15) is 4.79 Å². The smallest absolute Gasteiger partial charge is 0.223 e. The number of hydrogen-bond donors (Lipinski definition) is 2.